The van der Waals surface area contributed by atoms with Gasteiger partial charge in [-0.3, -0.25) is 0 Å². The van der Waals surface area contributed by atoms with Gasteiger partial charge in [0, 0.05) is 4.70 Å². The van der Waals surface area contributed by atoms with Crippen LogP contribution in [-0.4, -0.2) is 7.28 Å². The van der Waals surface area contributed by atoms with Crippen molar-refractivity contribution in [1.82, 2.24) is 0 Å². The Morgan fingerprint density at radius 3 is 2.24 bits per heavy atom. The van der Waals surface area contributed by atoms with E-state index in [9.17, 15) is 0 Å². The van der Waals surface area contributed by atoms with Gasteiger partial charge in [-0.2, -0.15) is 11.3 Å². The Labute approximate surface area is 133 Å². The van der Waals surface area contributed by atoms with E-state index in [1.54, 1.807) is 11.1 Å². The average Bonchev–Trinajstić information content (AvgIpc) is 2.82. The van der Waals surface area contributed by atoms with Crippen LogP contribution < -0.4 is 4.78 Å². The van der Waals surface area contributed by atoms with Crippen LogP contribution in [0.5, 0.6) is 0 Å². The van der Waals surface area contributed by atoms with Crippen LogP contribution in [0.4, 0.5) is 0 Å². The van der Waals surface area contributed by atoms with Gasteiger partial charge in [-0.25, -0.2) is 0 Å². The largest absolute Gasteiger partial charge is 0.194 e. The Hall–Kier alpha value is -1.02. The van der Waals surface area contributed by atoms with Crippen LogP contribution in [0.2, 0.25) is 0 Å². The Morgan fingerprint density at radius 2 is 1.62 bits per heavy atom. The van der Waals surface area contributed by atoms with Crippen LogP contribution in [0.1, 0.15) is 58.6 Å². The van der Waals surface area contributed by atoms with Crippen molar-refractivity contribution >= 4 is 33.5 Å². The molecule has 0 bridgehead atoms. The Balaban J connectivity index is 2.17. The van der Waals surface area contributed by atoms with Crippen molar-refractivity contribution in [2.24, 2.45) is 0 Å². The maximum atomic E-state index is 2.46. The van der Waals surface area contributed by atoms with Crippen molar-refractivity contribution < 1.29 is 0 Å². The SMILES string of the molecule is C/C=C/[B]c1cc2cc3c(cc2s1)C(C)(C)CCC3(C)C. The average molecular weight is 295 g/mol. The zero-order valence-corrected chi connectivity index (χ0v) is 14.6. The molecule has 0 nitrogen and oxygen atoms in total. The van der Waals surface area contributed by atoms with Crippen molar-refractivity contribution in [2.45, 2.75) is 58.3 Å². The fourth-order valence-electron chi connectivity index (χ4n) is 3.39. The molecule has 1 aromatic heterocycles. The molecule has 3 rings (SSSR count). The van der Waals surface area contributed by atoms with Gasteiger partial charge in [0.05, 0.1) is 0 Å². The molecule has 0 saturated carbocycles. The molecule has 1 aliphatic carbocycles. The minimum atomic E-state index is 0.300. The van der Waals surface area contributed by atoms with E-state index in [-0.39, 0.29) is 0 Å². The molecule has 2 heteroatoms. The van der Waals surface area contributed by atoms with Crippen molar-refractivity contribution in [3.8, 4) is 0 Å². The van der Waals surface area contributed by atoms with Gasteiger partial charge in [0.15, 0.2) is 7.28 Å². The van der Waals surface area contributed by atoms with Gasteiger partial charge in [-0.1, -0.05) is 27.7 Å². The molecule has 0 fully saturated rings. The van der Waals surface area contributed by atoms with Crippen LogP contribution in [0.25, 0.3) is 10.1 Å². The third kappa shape index (κ3) is 2.59. The zero-order valence-electron chi connectivity index (χ0n) is 13.8. The highest BCUT2D eigenvalue weighted by molar-refractivity contribution is 7.27. The highest BCUT2D eigenvalue weighted by Crippen LogP contribution is 2.47. The molecule has 109 valence electrons. The maximum Gasteiger partial charge on any atom is 0.194 e. The number of fused-ring (bicyclic) bond motifs is 2. The standard InChI is InChI=1S/C19H24BS/c1-6-9-20-17-11-13-10-14-15(12-16(13)21-17)19(4,5)8-7-18(14,2)3/h6,9-12H,7-8H2,1-5H3/b9-6+. The summed E-state index contributed by atoms with van der Waals surface area (Å²) in [5, 5.41) is 1.40. The summed E-state index contributed by atoms with van der Waals surface area (Å²) >= 11 is 1.90. The minimum absolute atomic E-state index is 0.300. The van der Waals surface area contributed by atoms with Gasteiger partial charge in [0.1, 0.15) is 0 Å². The first-order valence-electron chi connectivity index (χ1n) is 7.88. The molecule has 1 aromatic carbocycles. The van der Waals surface area contributed by atoms with Gasteiger partial charge in [0.2, 0.25) is 0 Å². The van der Waals surface area contributed by atoms with Crippen LogP contribution in [0.15, 0.2) is 30.3 Å². The molecule has 0 saturated heterocycles. The summed E-state index contributed by atoms with van der Waals surface area (Å²) in [7, 11) is 2.21. The van der Waals surface area contributed by atoms with Gasteiger partial charge in [0.25, 0.3) is 0 Å². The summed E-state index contributed by atoms with van der Waals surface area (Å²) < 4.78 is 2.77. The summed E-state index contributed by atoms with van der Waals surface area (Å²) in [4.78, 5) is 0. The zero-order chi connectivity index (χ0) is 15.3. The lowest BCUT2D eigenvalue weighted by molar-refractivity contribution is 0.332. The van der Waals surface area contributed by atoms with Gasteiger partial charge in [-0.15, -0.1) is 12.1 Å². The quantitative estimate of drug-likeness (QED) is 0.675. The summed E-state index contributed by atoms with van der Waals surface area (Å²) in [6.45, 7) is 11.6. The molecule has 1 aliphatic rings. The lowest BCUT2D eigenvalue weighted by Crippen LogP contribution is -2.33. The van der Waals surface area contributed by atoms with Crippen LogP contribution in [0, 0.1) is 0 Å². The molecule has 1 heterocycles. The van der Waals surface area contributed by atoms with Gasteiger partial charge in [-0.05, 0) is 70.1 Å². The summed E-state index contributed by atoms with van der Waals surface area (Å²) in [6.07, 6.45) is 4.64. The monoisotopic (exact) mass is 295 g/mol. The Kier molecular flexibility index (Phi) is 3.56. The second kappa shape index (κ2) is 5.02. The third-order valence-electron chi connectivity index (χ3n) is 4.96. The van der Waals surface area contributed by atoms with Crippen molar-refractivity contribution in [3.05, 3.63) is 41.4 Å². The molecular formula is C19H24BS. The first-order chi connectivity index (χ1) is 9.83. The van der Waals surface area contributed by atoms with Crippen molar-refractivity contribution in [1.29, 1.82) is 0 Å². The molecule has 0 aliphatic heterocycles. The molecule has 0 amide bonds. The third-order valence-corrected chi connectivity index (χ3v) is 6.02. The summed E-state index contributed by atoms with van der Waals surface area (Å²) in [6, 6.07) is 7.25. The van der Waals surface area contributed by atoms with Gasteiger partial charge < -0.3 is 0 Å². The second-order valence-electron chi connectivity index (χ2n) is 7.54. The predicted molar refractivity (Wildman–Crippen MR) is 97.3 cm³/mol. The number of allylic oxidation sites excluding steroid dienone is 1. The smallest absolute Gasteiger partial charge is 0.151 e. The fraction of sp³-hybridized carbons (Fsp3) is 0.474. The van der Waals surface area contributed by atoms with Crippen LogP contribution in [-0.2, 0) is 10.8 Å². The van der Waals surface area contributed by atoms with Gasteiger partial charge >= 0.3 is 0 Å². The van der Waals surface area contributed by atoms with E-state index in [0.29, 0.717) is 10.8 Å². The Morgan fingerprint density at radius 1 is 1.00 bits per heavy atom. The predicted octanol–water partition coefficient (Wildman–Crippen LogP) is 5.11. The molecular weight excluding hydrogens is 271 g/mol. The van der Waals surface area contributed by atoms with Crippen molar-refractivity contribution in [3.63, 3.8) is 0 Å². The van der Waals surface area contributed by atoms with Crippen molar-refractivity contribution in [2.75, 3.05) is 0 Å². The molecule has 0 atom stereocenters. The van der Waals surface area contributed by atoms with E-state index in [4.69, 9.17) is 0 Å². The van der Waals surface area contributed by atoms with E-state index in [2.05, 4.69) is 72.1 Å². The first-order valence-corrected chi connectivity index (χ1v) is 8.70. The molecule has 0 spiro atoms. The number of hydrogen-bond acceptors (Lipinski definition) is 1. The normalized spacial score (nSPS) is 19.9. The van der Waals surface area contributed by atoms with E-state index in [1.165, 1.54) is 27.7 Å². The summed E-state index contributed by atoms with van der Waals surface area (Å²) in [5.74, 6) is 2.12. The topological polar surface area (TPSA) is 0 Å². The molecule has 0 N–H and O–H groups in total. The molecule has 0 unspecified atom stereocenters. The molecule has 2 aromatic rings. The summed E-state index contributed by atoms with van der Waals surface area (Å²) in [5.41, 5.74) is 3.72. The molecule has 21 heavy (non-hydrogen) atoms. The highest BCUT2D eigenvalue weighted by Gasteiger charge is 2.37. The first kappa shape index (κ1) is 14.9. The lowest BCUT2D eigenvalue weighted by Gasteiger charge is -2.41. The van der Waals surface area contributed by atoms with E-state index in [0.717, 1.165) is 0 Å². The maximum absolute atomic E-state index is 2.46. The van der Waals surface area contributed by atoms with Crippen LogP contribution in [0.3, 0.4) is 0 Å². The number of rotatable bonds is 2. The fourth-order valence-corrected chi connectivity index (χ4v) is 4.39. The number of hydrogen-bond donors (Lipinski definition) is 0. The van der Waals surface area contributed by atoms with E-state index < -0.39 is 0 Å². The van der Waals surface area contributed by atoms with E-state index in [1.807, 2.05) is 11.3 Å². The van der Waals surface area contributed by atoms with E-state index >= 15 is 0 Å². The minimum Gasteiger partial charge on any atom is -0.151 e. The Bertz CT molecular complexity index is 651. The number of benzene rings is 1. The second-order valence-corrected chi connectivity index (χ2v) is 8.66. The highest BCUT2D eigenvalue weighted by atomic mass is 32.1. The molecule has 1 radical (unpaired) electrons. The number of thiophene rings is 1. The lowest BCUT2D eigenvalue weighted by atomic mass is 9.63. The van der Waals surface area contributed by atoms with Crippen LogP contribution >= 0.6 is 11.3 Å².